The van der Waals surface area contributed by atoms with Crippen LogP contribution in [-0.2, 0) is 0 Å². The summed E-state index contributed by atoms with van der Waals surface area (Å²) in [6, 6.07) is 13.0. The van der Waals surface area contributed by atoms with E-state index in [0.29, 0.717) is 0 Å². The van der Waals surface area contributed by atoms with Gasteiger partial charge in [-0.1, -0.05) is 0 Å². The predicted octanol–water partition coefficient (Wildman–Crippen LogP) is 3.34. The maximum absolute atomic E-state index is 4.51. The van der Waals surface area contributed by atoms with Crippen LogP contribution < -0.4 is 0 Å². The van der Waals surface area contributed by atoms with Gasteiger partial charge in [-0.2, -0.15) is 0 Å². The van der Waals surface area contributed by atoms with Gasteiger partial charge in [0, 0.05) is 0 Å². The topological polar surface area (TPSA) is 12.9 Å². The molecular formula is C14H12BN. The molecule has 1 aromatic heterocycles. The molecule has 0 spiro atoms. The van der Waals surface area contributed by atoms with Gasteiger partial charge in [0.1, 0.15) is 0 Å². The molecule has 0 fully saturated rings. The Morgan fingerprint density at radius 2 is 1.56 bits per heavy atom. The van der Waals surface area contributed by atoms with Crippen molar-refractivity contribution in [2.75, 3.05) is 0 Å². The van der Waals surface area contributed by atoms with Crippen LogP contribution in [0.1, 0.15) is 11.1 Å². The van der Waals surface area contributed by atoms with Crippen molar-refractivity contribution >= 4 is 28.6 Å². The molecule has 0 atom stereocenters. The van der Waals surface area contributed by atoms with Crippen LogP contribution in [0.25, 0.3) is 21.6 Å². The molecule has 2 aromatic carbocycles. The zero-order valence-electron chi connectivity index (χ0n) is 9.49. The summed E-state index contributed by atoms with van der Waals surface area (Å²) in [5.74, 6) is 0. The molecule has 0 aliphatic rings. The Morgan fingerprint density at radius 1 is 0.875 bits per heavy atom. The molecular weight excluding hydrogens is 193 g/mol. The molecule has 0 N–H and O–H groups in total. The number of rotatable bonds is 0. The molecule has 0 unspecified atom stereocenters. The quantitative estimate of drug-likeness (QED) is 0.513. The monoisotopic (exact) mass is 205 g/mol. The zero-order chi connectivity index (χ0) is 11.1. The van der Waals surface area contributed by atoms with E-state index < -0.39 is 0 Å². The third kappa shape index (κ3) is 1.42. The summed E-state index contributed by atoms with van der Waals surface area (Å²) in [6.45, 7) is 4.21. The van der Waals surface area contributed by atoms with Crippen molar-refractivity contribution in [3.05, 3.63) is 47.5 Å². The molecule has 0 bridgehead atoms. The van der Waals surface area contributed by atoms with Crippen LogP contribution >= 0.6 is 0 Å². The van der Waals surface area contributed by atoms with Gasteiger partial charge in [0.05, 0.1) is 0 Å². The predicted molar refractivity (Wildman–Crippen MR) is 70.1 cm³/mol. The molecule has 0 aliphatic carbocycles. The van der Waals surface area contributed by atoms with Crippen molar-refractivity contribution < 1.29 is 0 Å². The van der Waals surface area contributed by atoms with Gasteiger partial charge >= 0.3 is 94.9 Å². The maximum atomic E-state index is 4.51. The van der Waals surface area contributed by atoms with E-state index in [9.17, 15) is 0 Å². The first kappa shape index (κ1) is 9.53. The molecule has 2 heteroatoms. The van der Waals surface area contributed by atoms with Gasteiger partial charge in [-0.3, -0.25) is 0 Å². The van der Waals surface area contributed by atoms with E-state index in [0.717, 1.165) is 5.52 Å². The van der Waals surface area contributed by atoms with E-state index >= 15 is 0 Å². The average Bonchev–Trinajstić information content (AvgIpc) is 2.28. The Balaban J connectivity index is 2.50. The number of hydrogen-bond donors (Lipinski definition) is 0. The second kappa shape index (κ2) is 3.41. The summed E-state index contributed by atoms with van der Waals surface area (Å²) in [6.07, 6.45) is 0. The fourth-order valence-electron chi connectivity index (χ4n) is 2.15. The molecule has 1 nitrogen and oxygen atoms in total. The van der Waals surface area contributed by atoms with Crippen LogP contribution in [0.2, 0.25) is 0 Å². The van der Waals surface area contributed by atoms with Gasteiger partial charge in [-0.25, -0.2) is 0 Å². The fraction of sp³-hybridized carbons (Fsp3) is 0.143. The summed E-state index contributed by atoms with van der Waals surface area (Å²) in [4.78, 5) is 4.51. The molecule has 0 saturated carbocycles. The normalized spacial score (nSPS) is 10.9. The number of benzene rings is 2. The average molecular weight is 205 g/mol. The van der Waals surface area contributed by atoms with Gasteiger partial charge in [-0.05, 0) is 0 Å². The molecule has 76 valence electrons. The Bertz CT molecular complexity index is 628. The van der Waals surface area contributed by atoms with Crippen LogP contribution in [0.15, 0.2) is 36.4 Å². The van der Waals surface area contributed by atoms with Gasteiger partial charge in [0.25, 0.3) is 0 Å². The molecule has 3 rings (SSSR count). The molecule has 3 aromatic rings. The van der Waals surface area contributed by atoms with Crippen molar-refractivity contribution in [3.63, 3.8) is 0 Å². The van der Waals surface area contributed by atoms with Gasteiger partial charge in [-0.15, -0.1) is 0 Å². The summed E-state index contributed by atoms with van der Waals surface area (Å²) in [5, 5.41) is 3.75. The van der Waals surface area contributed by atoms with E-state index in [1.807, 2.05) is 7.05 Å². The Labute approximate surface area is 95.4 Å². The standard InChI is InChI=1S/C14H12BN/c1-9-3-5-11-12-6-4-10(2)8-14(12)16-15-13(11)7-9/h3-8H,1-2H3. The van der Waals surface area contributed by atoms with Crippen LogP contribution in [0.3, 0.4) is 0 Å². The van der Waals surface area contributed by atoms with Crippen LogP contribution in [0, 0.1) is 13.8 Å². The minimum atomic E-state index is 1.08. The minimum absolute atomic E-state index is 1.08. The van der Waals surface area contributed by atoms with Gasteiger partial charge in [0.2, 0.25) is 0 Å². The third-order valence-corrected chi connectivity index (χ3v) is 2.99. The Hall–Kier alpha value is -1.70. The molecule has 1 heterocycles. The summed E-state index contributed by atoms with van der Waals surface area (Å²) < 4.78 is 0. The van der Waals surface area contributed by atoms with Crippen molar-refractivity contribution in [1.29, 1.82) is 0 Å². The second-order valence-electron chi connectivity index (χ2n) is 4.37. The van der Waals surface area contributed by atoms with Crippen molar-refractivity contribution in [2.24, 2.45) is 0 Å². The van der Waals surface area contributed by atoms with Crippen molar-refractivity contribution in [3.8, 4) is 0 Å². The Morgan fingerprint density at radius 3 is 2.38 bits per heavy atom. The first-order chi connectivity index (χ1) is 7.74. The third-order valence-electron chi connectivity index (χ3n) is 2.99. The van der Waals surface area contributed by atoms with E-state index in [1.54, 1.807) is 0 Å². The van der Waals surface area contributed by atoms with Crippen LogP contribution in [-0.4, -0.2) is 11.9 Å². The Kier molecular flexibility index (Phi) is 2.03. The number of aryl methyl sites for hydroxylation is 2. The molecule has 16 heavy (non-hydrogen) atoms. The summed E-state index contributed by atoms with van der Waals surface area (Å²) in [7, 11) is 1.96. The number of fused-ring (bicyclic) bond motifs is 3. The first-order valence-corrected chi connectivity index (χ1v) is 5.50. The zero-order valence-corrected chi connectivity index (χ0v) is 9.49. The van der Waals surface area contributed by atoms with Crippen LogP contribution in [0.5, 0.6) is 0 Å². The SMILES string of the molecule is Cc1ccc2c(bnc3cc(C)ccc32)c1. The number of hydrogen-bond acceptors (Lipinski definition) is 1. The van der Waals surface area contributed by atoms with E-state index in [1.165, 1.54) is 27.2 Å². The number of nitrogens with zero attached hydrogens (tertiary/aromatic N) is 1. The van der Waals surface area contributed by atoms with Crippen molar-refractivity contribution in [1.82, 2.24) is 4.89 Å². The van der Waals surface area contributed by atoms with E-state index in [2.05, 4.69) is 55.1 Å². The molecule has 0 aliphatic heterocycles. The van der Waals surface area contributed by atoms with Gasteiger partial charge < -0.3 is 0 Å². The first-order valence-electron chi connectivity index (χ1n) is 5.50. The fourth-order valence-corrected chi connectivity index (χ4v) is 2.15. The second-order valence-corrected chi connectivity index (χ2v) is 4.37. The van der Waals surface area contributed by atoms with E-state index in [4.69, 9.17) is 0 Å². The van der Waals surface area contributed by atoms with Crippen LogP contribution in [0.4, 0.5) is 0 Å². The summed E-state index contributed by atoms with van der Waals surface area (Å²) in [5.41, 5.74) is 3.61. The molecule has 0 saturated heterocycles. The molecule has 0 radical (unpaired) electrons. The summed E-state index contributed by atoms with van der Waals surface area (Å²) >= 11 is 0. The van der Waals surface area contributed by atoms with Gasteiger partial charge in [0.15, 0.2) is 0 Å². The number of aromatic nitrogens is 1. The van der Waals surface area contributed by atoms with Crippen molar-refractivity contribution in [2.45, 2.75) is 13.8 Å². The molecule has 0 amide bonds. The van der Waals surface area contributed by atoms with E-state index in [-0.39, 0.29) is 0 Å².